The lowest BCUT2D eigenvalue weighted by atomic mass is 9.90. The molecule has 1 heterocycles. The third-order valence-corrected chi connectivity index (χ3v) is 3.28. The summed E-state index contributed by atoms with van der Waals surface area (Å²) >= 11 is 0. The summed E-state index contributed by atoms with van der Waals surface area (Å²) in [5.74, 6) is -0.151. The molecule has 3 unspecified atom stereocenters. The summed E-state index contributed by atoms with van der Waals surface area (Å²) in [4.78, 5) is 13.6. The minimum absolute atomic E-state index is 0.151. The highest BCUT2D eigenvalue weighted by atomic mass is 16.6. The summed E-state index contributed by atoms with van der Waals surface area (Å²) in [5, 5.41) is 19.7. The van der Waals surface area contributed by atoms with Crippen LogP contribution in [0.1, 0.15) is 33.6 Å². The lowest BCUT2D eigenvalue weighted by Crippen LogP contribution is -2.48. The SMILES string of the molecule is COCC(O)CC1CN(C(=O)OC(C)(C)C)CCC1O. The third kappa shape index (κ3) is 5.64. The first-order chi connectivity index (χ1) is 9.23. The molecule has 0 saturated carbocycles. The molecule has 0 bridgehead atoms. The van der Waals surface area contributed by atoms with Gasteiger partial charge in [-0.15, -0.1) is 0 Å². The van der Waals surface area contributed by atoms with Crippen LogP contribution in [0, 0.1) is 5.92 Å². The molecule has 20 heavy (non-hydrogen) atoms. The Morgan fingerprint density at radius 3 is 2.65 bits per heavy atom. The van der Waals surface area contributed by atoms with E-state index in [4.69, 9.17) is 9.47 Å². The summed E-state index contributed by atoms with van der Waals surface area (Å²) in [6.07, 6.45) is -0.577. The van der Waals surface area contributed by atoms with Crippen molar-refractivity contribution >= 4 is 6.09 Å². The van der Waals surface area contributed by atoms with Gasteiger partial charge in [-0.3, -0.25) is 0 Å². The minimum atomic E-state index is -0.627. The Kier molecular flexibility index (Phi) is 6.23. The first-order valence-electron chi connectivity index (χ1n) is 7.06. The van der Waals surface area contributed by atoms with Gasteiger partial charge in [0.05, 0.1) is 18.8 Å². The van der Waals surface area contributed by atoms with E-state index >= 15 is 0 Å². The van der Waals surface area contributed by atoms with Gasteiger partial charge in [0.2, 0.25) is 0 Å². The maximum Gasteiger partial charge on any atom is 0.410 e. The van der Waals surface area contributed by atoms with Crippen LogP contribution in [0.4, 0.5) is 4.79 Å². The molecule has 0 spiro atoms. The van der Waals surface area contributed by atoms with Crippen LogP contribution in [0.15, 0.2) is 0 Å². The monoisotopic (exact) mass is 289 g/mol. The molecule has 6 heteroatoms. The van der Waals surface area contributed by atoms with Gasteiger partial charge >= 0.3 is 6.09 Å². The molecule has 0 aliphatic carbocycles. The van der Waals surface area contributed by atoms with Crippen LogP contribution >= 0.6 is 0 Å². The second-order valence-electron chi connectivity index (χ2n) is 6.39. The summed E-state index contributed by atoms with van der Waals surface area (Å²) in [7, 11) is 1.52. The summed E-state index contributed by atoms with van der Waals surface area (Å²) in [6, 6.07) is 0. The van der Waals surface area contributed by atoms with Gasteiger partial charge in [-0.25, -0.2) is 4.79 Å². The average molecular weight is 289 g/mol. The van der Waals surface area contributed by atoms with Crippen LogP contribution < -0.4 is 0 Å². The highest BCUT2D eigenvalue weighted by molar-refractivity contribution is 5.68. The number of amides is 1. The maximum atomic E-state index is 12.0. The molecule has 0 radical (unpaired) electrons. The van der Waals surface area contributed by atoms with Crippen molar-refractivity contribution in [2.75, 3.05) is 26.8 Å². The van der Waals surface area contributed by atoms with E-state index in [9.17, 15) is 15.0 Å². The number of nitrogens with zero attached hydrogens (tertiary/aromatic N) is 1. The molecule has 1 saturated heterocycles. The van der Waals surface area contributed by atoms with E-state index in [2.05, 4.69) is 0 Å². The minimum Gasteiger partial charge on any atom is -0.444 e. The van der Waals surface area contributed by atoms with Crippen LogP contribution in [-0.2, 0) is 9.47 Å². The lowest BCUT2D eigenvalue weighted by molar-refractivity contribution is -0.0281. The van der Waals surface area contributed by atoms with Gasteiger partial charge in [0.25, 0.3) is 0 Å². The predicted octanol–water partition coefficient (Wildman–Crippen LogP) is 1.00. The Hall–Kier alpha value is -0.850. The van der Waals surface area contributed by atoms with Crippen LogP contribution in [0.5, 0.6) is 0 Å². The molecule has 1 fully saturated rings. The largest absolute Gasteiger partial charge is 0.444 e. The number of likely N-dealkylation sites (tertiary alicyclic amines) is 1. The maximum absolute atomic E-state index is 12.0. The summed E-state index contributed by atoms with van der Waals surface area (Å²) in [6.45, 7) is 6.58. The molecule has 0 aromatic carbocycles. The highest BCUT2D eigenvalue weighted by Gasteiger charge is 2.33. The fourth-order valence-electron chi connectivity index (χ4n) is 2.35. The molecule has 1 amide bonds. The highest BCUT2D eigenvalue weighted by Crippen LogP contribution is 2.23. The first-order valence-corrected chi connectivity index (χ1v) is 7.06. The molecular weight excluding hydrogens is 262 g/mol. The number of aliphatic hydroxyl groups is 2. The molecular formula is C14H27NO5. The van der Waals surface area contributed by atoms with Crippen LogP contribution in [-0.4, -0.2) is 65.8 Å². The second kappa shape index (κ2) is 7.24. The predicted molar refractivity (Wildman–Crippen MR) is 74.4 cm³/mol. The van der Waals surface area contributed by atoms with E-state index in [1.165, 1.54) is 7.11 Å². The fraction of sp³-hybridized carbons (Fsp3) is 0.929. The average Bonchev–Trinajstić information content (AvgIpc) is 2.30. The van der Waals surface area contributed by atoms with Crippen molar-refractivity contribution in [3.63, 3.8) is 0 Å². The van der Waals surface area contributed by atoms with Crippen molar-refractivity contribution < 1.29 is 24.5 Å². The lowest BCUT2D eigenvalue weighted by Gasteiger charge is -2.37. The van der Waals surface area contributed by atoms with Crippen molar-refractivity contribution in [1.82, 2.24) is 4.90 Å². The molecule has 1 rings (SSSR count). The Bertz CT molecular complexity index is 315. The van der Waals surface area contributed by atoms with Gasteiger partial charge in [-0.1, -0.05) is 0 Å². The number of methoxy groups -OCH3 is 1. The molecule has 3 atom stereocenters. The number of aliphatic hydroxyl groups excluding tert-OH is 2. The van der Waals surface area contributed by atoms with E-state index in [-0.39, 0.29) is 18.6 Å². The third-order valence-electron chi connectivity index (χ3n) is 3.28. The number of hydrogen-bond acceptors (Lipinski definition) is 5. The Morgan fingerprint density at radius 1 is 1.45 bits per heavy atom. The smallest absolute Gasteiger partial charge is 0.410 e. The number of piperidine rings is 1. The Balaban J connectivity index is 2.54. The van der Waals surface area contributed by atoms with E-state index in [0.29, 0.717) is 25.9 Å². The zero-order chi connectivity index (χ0) is 15.3. The molecule has 0 aromatic rings. The van der Waals surface area contributed by atoms with Gasteiger partial charge in [-0.05, 0) is 33.6 Å². The van der Waals surface area contributed by atoms with Crippen LogP contribution in [0.2, 0.25) is 0 Å². The van der Waals surface area contributed by atoms with Crippen LogP contribution in [0.25, 0.3) is 0 Å². The number of ether oxygens (including phenoxy) is 2. The van der Waals surface area contributed by atoms with Gasteiger partial charge in [0, 0.05) is 26.1 Å². The zero-order valence-corrected chi connectivity index (χ0v) is 12.8. The van der Waals surface area contributed by atoms with E-state index in [1.54, 1.807) is 4.90 Å². The van der Waals surface area contributed by atoms with E-state index in [0.717, 1.165) is 0 Å². The van der Waals surface area contributed by atoms with Gasteiger partial charge < -0.3 is 24.6 Å². The standard InChI is InChI=1S/C14H27NO5/c1-14(2,3)20-13(18)15-6-5-12(17)10(8-15)7-11(16)9-19-4/h10-12,16-17H,5-9H2,1-4H3. The molecule has 6 nitrogen and oxygen atoms in total. The van der Waals surface area contributed by atoms with Crippen molar-refractivity contribution in [1.29, 1.82) is 0 Å². The first kappa shape index (κ1) is 17.2. The zero-order valence-electron chi connectivity index (χ0n) is 12.8. The summed E-state index contributed by atoms with van der Waals surface area (Å²) in [5.41, 5.74) is -0.530. The van der Waals surface area contributed by atoms with Crippen molar-refractivity contribution in [3.05, 3.63) is 0 Å². The molecule has 0 aromatic heterocycles. The van der Waals surface area contributed by atoms with Crippen molar-refractivity contribution in [3.8, 4) is 0 Å². The number of hydrogen-bond donors (Lipinski definition) is 2. The quantitative estimate of drug-likeness (QED) is 0.807. The van der Waals surface area contributed by atoms with Crippen molar-refractivity contribution in [2.45, 2.75) is 51.4 Å². The van der Waals surface area contributed by atoms with E-state index < -0.39 is 17.8 Å². The topological polar surface area (TPSA) is 79.2 Å². The Labute approximate surface area is 120 Å². The number of carbonyl (C=O) groups excluding carboxylic acids is 1. The molecule has 1 aliphatic rings. The fourth-order valence-corrected chi connectivity index (χ4v) is 2.35. The van der Waals surface area contributed by atoms with Gasteiger partial charge in [0.15, 0.2) is 0 Å². The van der Waals surface area contributed by atoms with Crippen LogP contribution in [0.3, 0.4) is 0 Å². The Morgan fingerprint density at radius 2 is 2.10 bits per heavy atom. The van der Waals surface area contributed by atoms with Gasteiger partial charge in [-0.2, -0.15) is 0 Å². The van der Waals surface area contributed by atoms with E-state index in [1.807, 2.05) is 20.8 Å². The molecule has 2 N–H and O–H groups in total. The molecule has 118 valence electrons. The number of carbonyl (C=O) groups is 1. The van der Waals surface area contributed by atoms with Crippen molar-refractivity contribution in [2.24, 2.45) is 5.92 Å². The normalized spacial score (nSPS) is 25.4. The summed E-state index contributed by atoms with van der Waals surface area (Å²) < 4.78 is 10.2. The van der Waals surface area contributed by atoms with Gasteiger partial charge in [0.1, 0.15) is 5.60 Å². The second-order valence-corrected chi connectivity index (χ2v) is 6.39. The number of rotatable bonds is 4. The molecule has 1 aliphatic heterocycles.